The van der Waals surface area contributed by atoms with Crippen LogP contribution in [-0.2, 0) is 16.6 Å². The molecule has 0 aliphatic rings. The van der Waals surface area contributed by atoms with E-state index in [1.54, 1.807) is 6.07 Å². The van der Waals surface area contributed by atoms with Crippen molar-refractivity contribution >= 4 is 33.0 Å². The van der Waals surface area contributed by atoms with Crippen molar-refractivity contribution < 1.29 is 8.42 Å². The van der Waals surface area contributed by atoms with Crippen molar-refractivity contribution in [2.45, 2.75) is 18.4 Å². The summed E-state index contributed by atoms with van der Waals surface area (Å²) in [5.41, 5.74) is 0.716. The smallest absolute Gasteiger partial charge is 0.245 e. The van der Waals surface area contributed by atoms with Gasteiger partial charge < -0.3 is 0 Å². The van der Waals surface area contributed by atoms with Gasteiger partial charge in [0.25, 0.3) is 0 Å². The highest BCUT2D eigenvalue weighted by atomic mass is 35.5. The first-order valence-corrected chi connectivity index (χ1v) is 8.09. The molecule has 19 heavy (non-hydrogen) atoms. The third-order valence-electron chi connectivity index (χ3n) is 2.46. The molecular weight excluding hydrogens is 306 g/mol. The van der Waals surface area contributed by atoms with Crippen LogP contribution in [0.4, 0.5) is 0 Å². The number of rotatable bonds is 4. The monoisotopic (exact) mass is 317 g/mol. The second kappa shape index (κ2) is 5.54. The maximum absolute atomic E-state index is 12.3. The van der Waals surface area contributed by atoms with Crippen LogP contribution in [0.2, 0.25) is 5.15 Å². The average Bonchev–Trinajstić information content (AvgIpc) is 2.75. The van der Waals surface area contributed by atoms with E-state index in [2.05, 4.69) is 9.97 Å². The zero-order valence-electron chi connectivity index (χ0n) is 10.4. The number of aromatic nitrogens is 2. The Kier molecular flexibility index (Phi) is 4.19. The lowest BCUT2D eigenvalue weighted by Crippen LogP contribution is -2.27. The summed E-state index contributed by atoms with van der Waals surface area (Å²) in [5, 5.41) is 2.72. The van der Waals surface area contributed by atoms with Crippen LogP contribution in [0.5, 0.6) is 0 Å². The van der Waals surface area contributed by atoms with Gasteiger partial charge in [0.1, 0.15) is 10.0 Å². The summed E-state index contributed by atoms with van der Waals surface area (Å²) in [6, 6.07) is 2.98. The molecule has 5 nitrogen and oxygen atoms in total. The summed E-state index contributed by atoms with van der Waals surface area (Å²) in [5.74, 6) is 0. The molecule has 102 valence electrons. The normalized spacial score (nSPS) is 12.0. The molecule has 2 aromatic heterocycles. The number of halogens is 1. The Labute approximate surface area is 120 Å². The van der Waals surface area contributed by atoms with E-state index in [0.29, 0.717) is 5.69 Å². The highest BCUT2D eigenvalue weighted by molar-refractivity contribution is 7.89. The predicted octanol–water partition coefficient (Wildman–Crippen LogP) is 2.32. The van der Waals surface area contributed by atoms with E-state index in [1.165, 1.54) is 35.0 Å². The molecule has 2 aromatic rings. The maximum atomic E-state index is 12.3. The first-order chi connectivity index (χ1) is 8.91. The SMILES string of the molecule is Cc1nc(CN(C)S(=O)(=O)c2cccnc2Cl)cs1. The van der Waals surface area contributed by atoms with E-state index >= 15 is 0 Å². The van der Waals surface area contributed by atoms with E-state index in [4.69, 9.17) is 11.6 Å². The van der Waals surface area contributed by atoms with Crippen LogP contribution in [-0.4, -0.2) is 29.7 Å². The largest absolute Gasteiger partial charge is 0.246 e. The number of thiazole rings is 1. The van der Waals surface area contributed by atoms with E-state index in [-0.39, 0.29) is 16.6 Å². The van der Waals surface area contributed by atoms with Crippen molar-refractivity contribution in [3.05, 3.63) is 39.6 Å². The molecule has 0 aliphatic heterocycles. The van der Waals surface area contributed by atoms with E-state index < -0.39 is 10.0 Å². The summed E-state index contributed by atoms with van der Waals surface area (Å²) < 4.78 is 25.9. The lowest BCUT2D eigenvalue weighted by atomic mass is 10.5. The fourth-order valence-corrected chi connectivity index (χ4v) is 3.70. The van der Waals surface area contributed by atoms with Crippen LogP contribution in [0.25, 0.3) is 0 Å². The van der Waals surface area contributed by atoms with Gasteiger partial charge in [-0.3, -0.25) is 0 Å². The number of hydrogen-bond acceptors (Lipinski definition) is 5. The summed E-state index contributed by atoms with van der Waals surface area (Å²) in [4.78, 5) is 8.03. The molecule has 2 heterocycles. The Bertz CT molecular complexity index is 685. The molecule has 0 N–H and O–H groups in total. The number of hydrogen-bond donors (Lipinski definition) is 0. The quantitative estimate of drug-likeness (QED) is 0.812. The van der Waals surface area contributed by atoms with Gasteiger partial charge >= 0.3 is 0 Å². The molecule has 0 radical (unpaired) electrons. The average molecular weight is 318 g/mol. The van der Waals surface area contributed by atoms with Crippen LogP contribution < -0.4 is 0 Å². The molecular formula is C11H12ClN3O2S2. The van der Waals surface area contributed by atoms with Crippen molar-refractivity contribution in [3.63, 3.8) is 0 Å². The van der Waals surface area contributed by atoms with Crippen LogP contribution >= 0.6 is 22.9 Å². The summed E-state index contributed by atoms with van der Waals surface area (Å²) in [6.45, 7) is 2.08. The van der Waals surface area contributed by atoms with Crippen LogP contribution in [0.3, 0.4) is 0 Å². The standard InChI is InChI=1S/C11H12ClN3O2S2/c1-8-14-9(7-18-8)6-15(2)19(16,17)10-4-3-5-13-11(10)12/h3-5,7H,6H2,1-2H3. The van der Waals surface area contributed by atoms with E-state index in [9.17, 15) is 8.42 Å². The minimum Gasteiger partial charge on any atom is -0.245 e. The number of sulfonamides is 1. The topological polar surface area (TPSA) is 63.2 Å². The maximum Gasteiger partial charge on any atom is 0.246 e. The molecule has 0 bridgehead atoms. The highest BCUT2D eigenvalue weighted by Crippen LogP contribution is 2.22. The summed E-state index contributed by atoms with van der Waals surface area (Å²) in [7, 11) is -2.16. The molecule has 8 heteroatoms. The van der Waals surface area contributed by atoms with Gasteiger partial charge in [-0.2, -0.15) is 4.31 Å². The van der Waals surface area contributed by atoms with Crippen LogP contribution in [0.1, 0.15) is 10.7 Å². The molecule has 0 saturated carbocycles. The third kappa shape index (κ3) is 3.11. The summed E-state index contributed by atoms with van der Waals surface area (Å²) in [6.07, 6.45) is 1.45. The van der Waals surface area contributed by atoms with Crippen molar-refractivity contribution in [3.8, 4) is 0 Å². The van der Waals surface area contributed by atoms with Crippen LogP contribution in [0, 0.1) is 6.92 Å². The summed E-state index contributed by atoms with van der Waals surface area (Å²) >= 11 is 7.31. The second-order valence-electron chi connectivity index (χ2n) is 3.91. The van der Waals surface area contributed by atoms with Gasteiger partial charge in [0.15, 0.2) is 0 Å². The molecule has 0 aromatic carbocycles. The van der Waals surface area contributed by atoms with Gasteiger partial charge in [-0.25, -0.2) is 18.4 Å². The first-order valence-electron chi connectivity index (χ1n) is 5.39. The van der Waals surface area contributed by atoms with Gasteiger partial charge in [0.05, 0.1) is 17.2 Å². The highest BCUT2D eigenvalue weighted by Gasteiger charge is 2.24. The third-order valence-corrected chi connectivity index (χ3v) is 5.53. The van der Waals surface area contributed by atoms with Gasteiger partial charge in [-0.05, 0) is 19.1 Å². The van der Waals surface area contributed by atoms with Crippen LogP contribution in [0.15, 0.2) is 28.6 Å². The molecule has 2 rings (SSSR count). The lowest BCUT2D eigenvalue weighted by Gasteiger charge is -2.16. The fraction of sp³-hybridized carbons (Fsp3) is 0.273. The molecule has 0 spiro atoms. The van der Waals surface area contributed by atoms with Crippen molar-refractivity contribution in [1.82, 2.24) is 14.3 Å². The fourth-order valence-electron chi connectivity index (χ4n) is 1.53. The Hall–Kier alpha value is -1.02. The number of pyridine rings is 1. The van der Waals surface area contributed by atoms with E-state index in [0.717, 1.165) is 5.01 Å². The zero-order valence-corrected chi connectivity index (χ0v) is 12.8. The molecule has 0 amide bonds. The van der Waals surface area contributed by atoms with Crippen molar-refractivity contribution in [2.75, 3.05) is 7.05 Å². The van der Waals surface area contributed by atoms with Gasteiger partial charge in [0.2, 0.25) is 10.0 Å². The van der Waals surface area contributed by atoms with Gasteiger partial charge in [-0.1, -0.05) is 11.6 Å². The zero-order chi connectivity index (χ0) is 14.0. The molecule has 0 fully saturated rings. The van der Waals surface area contributed by atoms with Gasteiger partial charge in [0, 0.05) is 18.6 Å². The molecule has 0 atom stereocenters. The van der Waals surface area contributed by atoms with Gasteiger partial charge in [-0.15, -0.1) is 11.3 Å². The number of aryl methyl sites for hydroxylation is 1. The van der Waals surface area contributed by atoms with Crippen molar-refractivity contribution in [2.24, 2.45) is 0 Å². The number of nitrogens with zero attached hydrogens (tertiary/aromatic N) is 3. The molecule has 0 aliphatic carbocycles. The van der Waals surface area contributed by atoms with Crippen molar-refractivity contribution in [1.29, 1.82) is 0 Å². The minimum absolute atomic E-state index is 0.00566. The Balaban J connectivity index is 2.27. The Morgan fingerprint density at radius 1 is 1.47 bits per heavy atom. The van der Waals surface area contributed by atoms with E-state index in [1.807, 2.05) is 12.3 Å². The first kappa shape index (κ1) is 14.4. The molecule has 0 unspecified atom stereocenters. The lowest BCUT2D eigenvalue weighted by molar-refractivity contribution is 0.462. The predicted molar refractivity (Wildman–Crippen MR) is 74.8 cm³/mol. The minimum atomic E-state index is -3.66. The Morgan fingerprint density at radius 2 is 2.21 bits per heavy atom. The second-order valence-corrected chi connectivity index (χ2v) is 7.34. The molecule has 0 saturated heterocycles. The Morgan fingerprint density at radius 3 is 2.79 bits per heavy atom.